The number of nitrogens with zero attached hydrogens (tertiary/aromatic N) is 1. The van der Waals surface area contributed by atoms with Crippen LogP contribution < -0.4 is 5.32 Å². The van der Waals surface area contributed by atoms with Crippen molar-refractivity contribution in [3.63, 3.8) is 0 Å². The van der Waals surface area contributed by atoms with Crippen LogP contribution in [0.15, 0.2) is 88.2 Å². The molecule has 0 aliphatic rings. The average molecular weight is 540 g/mol. The summed E-state index contributed by atoms with van der Waals surface area (Å²) in [6.45, 7) is 6.27. The molecule has 0 fully saturated rings. The molecular weight excluding hydrogens is 508 g/mol. The summed E-state index contributed by atoms with van der Waals surface area (Å²) in [6, 6.07) is 25.3. The summed E-state index contributed by atoms with van der Waals surface area (Å²) in [5.41, 5.74) is 3.17. The van der Waals surface area contributed by atoms with Crippen molar-refractivity contribution >= 4 is 39.5 Å². The molecule has 0 aliphatic carbocycles. The maximum Gasteiger partial charge on any atom is 0.243 e. The summed E-state index contributed by atoms with van der Waals surface area (Å²) in [5.74, 6) is 0.0602. The van der Waals surface area contributed by atoms with Gasteiger partial charge in [-0.1, -0.05) is 76.1 Å². The molecule has 3 aromatic carbocycles. The predicted molar refractivity (Wildman–Crippen MR) is 144 cm³/mol. The number of carbonyl (C=O) groups excluding carboxylic acids is 2. The minimum absolute atomic E-state index is 0.0180. The minimum atomic E-state index is -0.616. The summed E-state index contributed by atoms with van der Waals surface area (Å²) in [6.07, 6.45) is 0.453. The van der Waals surface area contributed by atoms with Crippen LogP contribution in [0.1, 0.15) is 30.5 Å². The first-order valence-corrected chi connectivity index (χ1v) is 13.2. The lowest BCUT2D eigenvalue weighted by molar-refractivity contribution is -0.139. The first-order valence-electron chi connectivity index (χ1n) is 11.4. The molecule has 0 aliphatic heterocycles. The normalized spacial score (nSPS) is 11.8. The topological polar surface area (TPSA) is 49.4 Å². The first-order chi connectivity index (χ1) is 16.3. The van der Waals surface area contributed by atoms with Crippen molar-refractivity contribution in [2.45, 2.75) is 50.7 Å². The Morgan fingerprint density at radius 1 is 0.941 bits per heavy atom. The molecule has 1 atom stereocenters. The fraction of sp³-hybridized carbons (Fsp3) is 0.286. The largest absolute Gasteiger partial charge is 0.352 e. The van der Waals surface area contributed by atoms with Gasteiger partial charge in [-0.2, -0.15) is 0 Å². The first kappa shape index (κ1) is 26.0. The van der Waals surface area contributed by atoms with Gasteiger partial charge in [-0.15, -0.1) is 11.8 Å². The molecule has 1 N–H and O–H groups in total. The molecule has 0 spiro atoms. The van der Waals surface area contributed by atoms with E-state index in [2.05, 4.69) is 21.2 Å². The van der Waals surface area contributed by atoms with Crippen LogP contribution in [0.4, 0.5) is 0 Å². The third-order valence-electron chi connectivity index (χ3n) is 5.33. The fourth-order valence-corrected chi connectivity index (χ4v) is 4.86. The standard InChI is InChI=1S/C28H31BrN2O2S/c1-20(2)30-28(33)26(17-22-8-5-4-6-9-22)31(18-23-10-7-11-24(29)16-23)27(32)19-34-25-14-12-21(3)13-15-25/h4-16,20,26H,17-19H2,1-3H3,(H,30,33)/t26-/m0/s1. The van der Waals surface area contributed by atoms with Crippen molar-refractivity contribution in [1.29, 1.82) is 0 Å². The van der Waals surface area contributed by atoms with Crippen molar-refractivity contribution < 1.29 is 9.59 Å². The summed E-state index contributed by atoms with van der Waals surface area (Å²) in [7, 11) is 0. The van der Waals surface area contributed by atoms with Crippen molar-refractivity contribution in [2.24, 2.45) is 0 Å². The molecule has 0 aromatic heterocycles. The Balaban J connectivity index is 1.90. The Hall–Kier alpha value is -2.57. The molecule has 2 amide bonds. The number of rotatable bonds is 10. The number of thioether (sulfide) groups is 1. The summed E-state index contributed by atoms with van der Waals surface area (Å²) >= 11 is 5.02. The van der Waals surface area contributed by atoms with Gasteiger partial charge in [-0.25, -0.2) is 0 Å². The van der Waals surface area contributed by atoms with Crippen molar-refractivity contribution in [1.82, 2.24) is 10.2 Å². The van der Waals surface area contributed by atoms with E-state index in [1.807, 2.05) is 99.6 Å². The van der Waals surface area contributed by atoms with Gasteiger partial charge in [0.1, 0.15) is 6.04 Å². The van der Waals surface area contributed by atoms with Crippen molar-refractivity contribution in [3.05, 3.63) is 100 Å². The van der Waals surface area contributed by atoms with Crippen LogP contribution in [-0.4, -0.2) is 34.6 Å². The van der Waals surface area contributed by atoms with E-state index in [9.17, 15) is 9.59 Å². The van der Waals surface area contributed by atoms with Gasteiger partial charge in [0.25, 0.3) is 0 Å². The van der Waals surface area contributed by atoms with Gasteiger partial charge in [0.05, 0.1) is 5.75 Å². The van der Waals surface area contributed by atoms with Gasteiger partial charge in [0.15, 0.2) is 0 Å². The van der Waals surface area contributed by atoms with Crippen LogP contribution in [0, 0.1) is 6.92 Å². The second kappa shape index (κ2) is 12.8. The summed E-state index contributed by atoms with van der Waals surface area (Å²) < 4.78 is 0.942. The molecule has 34 heavy (non-hydrogen) atoms. The second-order valence-electron chi connectivity index (χ2n) is 8.62. The highest BCUT2D eigenvalue weighted by Gasteiger charge is 2.30. The third kappa shape index (κ3) is 8.03. The van der Waals surface area contributed by atoms with E-state index < -0.39 is 6.04 Å². The van der Waals surface area contributed by atoms with E-state index in [1.165, 1.54) is 17.3 Å². The highest BCUT2D eigenvalue weighted by molar-refractivity contribution is 9.10. The molecule has 0 radical (unpaired) electrons. The van der Waals surface area contributed by atoms with Crippen LogP contribution in [-0.2, 0) is 22.6 Å². The average Bonchev–Trinajstić information content (AvgIpc) is 2.81. The molecule has 3 rings (SSSR count). The highest BCUT2D eigenvalue weighted by Crippen LogP contribution is 2.22. The van der Waals surface area contributed by atoms with Gasteiger partial charge < -0.3 is 10.2 Å². The quantitative estimate of drug-likeness (QED) is 0.321. The maximum absolute atomic E-state index is 13.6. The molecule has 178 valence electrons. The summed E-state index contributed by atoms with van der Waals surface area (Å²) in [5, 5.41) is 3.03. The third-order valence-corrected chi connectivity index (χ3v) is 6.82. The summed E-state index contributed by atoms with van der Waals surface area (Å²) in [4.78, 5) is 29.7. The van der Waals surface area contributed by atoms with E-state index >= 15 is 0 Å². The lowest BCUT2D eigenvalue weighted by atomic mass is 10.0. The lowest BCUT2D eigenvalue weighted by Crippen LogP contribution is -2.52. The molecule has 0 saturated carbocycles. The monoisotopic (exact) mass is 538 g/mol. The predicted octanol–water partition coefficient (Wildman–Crippen LogP) is 6.01. The van der Waals surface area contributed by atoms with E-state index in [4.69, 9.17) is 0 Å². The number of halogens is 1. The van der Waals surface area contributed by atoms with E-state index in [-0.39, 0.29) is 23.6 Å². The van der Waals surface area contributed by atoms with Gasteiger partial charge >= 0.3 is 0 Å². The van der Waals surface area contributed by atoms with Crippen LogP contribution in [0.25, 0.3) is 0 Å². The van der Waals surface area contributed by atoms with Crippen LogP contribution >= 0.6 is 27.7 Å². The Bertz CT molecular complexity index is 1090. The zero-order valence-electron chi connectivity index (χ0n) is 19.8. The number of hydrogen-bond donors (Lipinski definition) is 1. The Morgan fingerprint density at radius 2 is 1.62 bits per heavy atom. The minimum Gasteiger partial charge on any atom is -0.352 e. The molecule has 0 heterocycles. The van der Waals surface area contributed by atoms with E-state index in [0.717, 1.165) is 20.5 Å². The van der Waals surface area contributed by atoms with Crippen LogP contribution in [0.2, 0.25) is 0 Å². The number of hydrogen-bond acceptors (Lipinski definition) is 3. The number of carbonyl (C=O) groups is 2. The highest BCUT2D eigenvalue weighted by atomic mass is 79.9. The zero-order valence-corrected chi connectivity index (χ0v) is 22.2. The molecule has 6 heteroatoms. The van der Waals surface area contributed by atoms with Crippen molar-refractivity contribution in [3.8, 4) is 0 Å². The second-order valence-corrected chi connectivity index (χ2v) is 10.6. The van der Waals surface area contributed by atoms with E-state index in [1.54, 1.807) is 4.90 Å². The number of aryl methyl sites for hydroxylation is 1. The molecular formula is C28H31BrN2O2S. The van der Waals surface area contributed by atoms with Crippen LogP contribution in [0.5, 0.6) is 0 Å². The fourth-order valence-electron chi connectivity index (χ4n) is 3.63. The SMILES string of the molecule is Cc1ccc(SCC(=O)N(Cc2cccc(Br)c2)[C@@H](Cc2ccccc2)C(=O)NC(C)C)cc1. The smallest absolute Gasteiger partial charge is 0.243 e. The molecule has 0 unspecified atom stereocenters. The Morgan fingerprint density at radius 3 is 2.26 bits per heavy atom. The Labute approximate surface area is 215 Å². The molecule has 0 saturated heterocycles. The number of nitrogens with one attached hydrogen (secondary N) is 1. The van der Waals surface area contributed by atoms with Gasteiger partial charge in [0.2, 0.25) is 11.8 Å². The maximum atomic E-state index is 13.6. The molecule has 4 nitrogen and oxygen atoms in total. The van der Waals surface area contributed by atoms with E-state index in [0.29, 0.717) is 13.0 Å². The van der Waals surface area contributed by atoms with Gasteiger partial charge in [-0.3, -0.25) is 9.59 Å². The zero-order chi connectivity index (χ0) is 24.5. The Kier molecular flexibility index (Phi) is 9.78. The lowest BCUT2D eigenvalue weighted by Gasteiger charge is -2.32. The molecule has 0 bridgehead atoms. The van der Waals surface area contributed by atoms with Crippen molar-refractivity contribution in [2.75, 3.05) is 5.75 Å². The van der Waals surface area contributed by atoms with Gasteiger partial charge in [0, 0.05) is 28.4 Å². The van der Waals surface area contributed by atoms with Gasteiger partial charge in [-0.05, 0) is 56.2 Å². The number of benzene rings is 3. The molecule has 3 aromatic rings. The van der Waals surface area contributed by atoms with Crippen LogP contribution in [0.3, 0.4) is 0 Å². The number of amides is 2.